The van der Waals surface area contributed by atoms with E-state index in [1.807, 2.05) is 48.0 Å². The molecule has 0 bridgehead atoms. The third-order valence-electron chi connectivity index (χ3n) is 3.33. The molecule has 1 atom stereocenters. The maximum atomic E-state index is 12.0. The Morgan fingerprint density at radius 1 is 1.18 bits per heavy atom. The van der Waals surface area contributed by atoms with Crippen LogP contribution in [0.3, 0.4) is 0 Å². The molecule has 0 aliphatic rings. The van der Waals surface area contributed by atoms with Crippen molar-refractivity contribution in [1.82, 2.24) is 5.32 Å². The molecule has 116 valence electrons. The van der Waals surface area contributed by atoms with Gasteiger partial charge in [0.05, 0.1) is 12.8 Å². The third kappa shape index (κ3) is 5.33. The molecule has 0 aliphatic carbocycles. The van der Waals surface area contributed by atoms with E-state index in [4.69, 9.17) is 5.11 Å². The Kier molecular flexibility index (Phi) is 5.72. The second-order valence-corrected chi connectivity index (χ2v) is 6.14. The van der Waals surface area contributed by atoms with Crippen LogP contribution >= 0.6 is 11.3 Å². The van der Waals surface area contributed by atoms with Crippen molar-refractivity contribution in [3.8, 4) is 0 Å². The molecule has 1 amide bonds. The molecule has 0 radical (unpaired) electrons. The highest BCUT2D eigenvalue weighted by Crippen LogP contribution is 2.10. The predicted molar refractivity (Wildman–Crippen MR) is 87.1 cm³/mol. The van der Waals surface area contributed by atoms with E-state index in [0.29, 0.717) is 6.42 Å². The molecule has 2 N–H and O–H groups in total. The second-order valence-electron chi connectivity index (χ2n) is 5.36. The molecule has 1 aromatic heterocycles. The van der Waals surface area contributed by atoms with Crippen molar-refractivity contribution in [2.45, 2.75) is 32.2 Å². The van der Waals surface area contributed by atoms with Gasteiger partial charge in [-0.15, -0.1) is 0 Å². The second kappa shape index (κ2) is 7.75. The molecule has 0 aliphatic heterocycles. The van der Waals surface area contributed by atoms with Crippen molar-refractivity contribution in [3.63, 3.8) is 0 Å². The predicted octanol–water partition coefficient (Wildman–Crippen LogP) is 2.80. The van der Waals surface area contributed by atoms with Gasteiger partial charge in [0.15, 0.2) is 0 Å². The topological polar surface area (TPSA) is 66.4 Å². The van der Waals surface area contributed by atoms with E-state index in [2.05, 4.69) is 5.32 Å². The van der Waals surface area contributed by atoms with Crippen LogP contribution in [0.2, 0.25) is 0 Å². The number of thiophene rings is 1. The molecule has 0 spiro atoms. The van der Waals surface area contributed by atoms with Gasteiger partial charge in [0.1, 0.15) is 0 Å². The zero-order chi connectivity index (χ0) is 15.9. The summed E-state index contributed by atoms with van der Waals surface area (Å²) in [5.41, 5.74) is 3.12. The van der Waals surface area contributed by atoms with E-state index < -0.39 is 12.0 Å². The molecule has 0 saturated carbocycles. The minimum absolute atomic E-state index is 0.0801. The normalized spacial score (nSPS) is 11.9. The van der Waals surface area contributed by atoms with Gasteiger partial charge in [0.25, 0.3) is 0 Å². The van der Waals surface area contributed by atoms with Crippen LogP contribution in [0.5, 0.6) is 0 Å². The summed E-state index contributed by atoms with van der Waals surface area (Å²) in [4.78, 5) is 23.1. The summed E-state index contributed by atoms with van der Waals surface area (Å²) in [7, 11) is 0. The molecule has 2 aromatic rings. The van der Waals surface area contributed by atoms with Crippen LogP contribution in [0.4, 0.5) is 0 Å². The first kappa shape index (κ1) is 16.2. The average Bonchev–Trinajstić information content (AvgIpc) is 2.93. The lowest BCUT2D eigenvalue weighted by molar-refractivity contribution is -0.137. The van der Waals surface area contributed by atoms with Gasteiger partial charge < -0.3 is 10.4 Å². The zero-order valence-corrected chi connectivity index (χ0v) is 13.2. The summed E-state index contributed by atoms with van der Waals surface area (Å²) in [5.74, 6) is -1.05. The number of hydrogen-bond donors (Lipinski definition) is 2. The lowest BCUT2D eigenvalue weighted by Crippen LogP contribution is -2.38. The number of carbonyl (C=O) groups is 2. The lowest BCUT2D eigenvalue weighted by Gasteiger charge is -2.17. The highest BCUT2D eigenvalue weighted by molar-refractivity contribution is 7.07. The standard InChI is InChI=1S/C17H19NO3S/c1-12-2-4-13(5-3-12)8-15(10-17(20)21)18-16(19)9-14-6-7-22-11-14/h2-7,11,15H,8-10H2,1H3,(H,18,19)(H,20,21). The number of benzene rings is 1. The van der Waals surface area contributed by atoms with Crippen LogP contribution in [0.15, 0.2) is 41.1 Å². The molecular weight excluding hydrogens is 298 g/mol. The van der Waals surface area contributed by atoms with E-state index in [1.54, 1.807) is 11.3 Å². The number of hydrogen-bond acceptors (Lipinski definition) is 3. The Balaban J connectivity index is 1.97. The van der Waals surface area contributed by atoms with E-state index in [-0.39, 0.29) is 18.7 Å². The Bertz CT molecular complexity index is 620. The molecule has 22 heavy (non-hydrogen) atoms. The lowest BCUT2D eigenvalue weighted by atomic mass is 10.0. The maximum Gasteiger partial charge on any atom is 0.305 e. The van der Waals surface area contributed by atoms with Gasteiger partial charge >= 0.3 is 5.97 Å². The van der Waals surface area contributed by atoms with Crippen molar-refractivity contribution >= 4 is 23.2 Å². The SMILES string of the molecule is Cc1ccc(CC(CC(=O)O)NC(=O)Cc2ccsc2)cc1. The van der Waals surface area contributed by atoms with Crippen LogP contribution in [-0.2, 0) is 22.4 Å². The van der Waals surface area contributed by atoms with Crippen LogP contribution in [0.1, 0.15) is 23.1 Å². The Morgan fingerprint density at radius 2 is 1.91 bits per heavy atom. The number of carboxylic acid groups (broad SMARTS) is 1. The highest BCUT2D eigenvalue weighted by atomic mass is 32.1. The van der Waals surface area contributed by atoms with Crippen LogP contribution in [-0.4, -0.2) is 23.0 Å². The van der Waals surface area contributed by atoms with Crippen molar-refractivity contribution < 1.29 is 14.7 Å². The molecule has 1 unspecified atom stereocenters. The summed E-state index contributed by atoms with van der Waals surface area (Å²) < 4.78 is 0. The molecule has 5 heteroatoms. The number of aryl methyl sites for hydroxylation is 1. The Hall–Kier alpha value is -2.14. The summed E-state index contributed by atoms with van der Waals surface area (Å²) in [6.07, 6.45) is 0.721. The fourth-order valence-electron chi connectivity index (χ4n) is 2.25. The summed E-state index contributed by atoms with van der Waals surface area (Å²) >= 11 is 1.54. The summed E-state index contributed by atoms with van der Waals surface area (Å²) in [6.45, 7) is 2.00. The Morgan fingerprint density at radius 3 is 2.50 bits per heavy atom. The average molecular weight is 317 g/mol. The molecule has 2 rings (SSSR count). The molecule has 1 heterocycles. The van der Waals surface area contributed by atoms with E-state index in [1.165, 1.54) is 0 Å². The number of carbonyl (C=O) groups excluding carboxylic acids is 1. The highest BCUT2D eigenvalue weighted by Gasteiger charge is 2.17. The Labute approximate surface area is 133 Å². The largest absolute Gasteiger partial charge is 0.481 e. The first-order valence-corrected chi connectivity index (χ1v) is 8.05. The van der Waals surface area contributed by atoms with E-state index in [9.17, 15) is 9.59 Å². The maximum absolute atomic E-state index is 12.0. The van der Waals surface area contributed by atoms with Gasteiger partial charge in [-0.25, -0.2) is 0 Å². The quantitative estimate of drug-likeness (QED) is 0.825. The molecule has 1 aromatic carbocycles. The van der Waals surface area contributed by atoms with Gasteiger partial charge in [0, 0.05) is 6.04 Å². The van der Waals surface area contributed by atoms with Crippen LogP contribution in [0, 0.1) is 6.92 Å². The zero-order valence-electron chi connectivity index (χ0n) is 12.4. The molecule has 0 fully saturated rings. The van der Waals surface area contributed by atoms with Gasteiger partial charge in [-0.3, -0.25) is 9.59 Å². The van der Waals surface area contributed by atoms with Crippen molar-refractivity contribution in [1.29, 1.82) is 0 Å². The summed E-state index contributed by atoms with van der Waals surface area (Å²) in [5, 5.41) is 15.7. The number of aliphatic carboxylic acids is 1. The van der Waals surface area contributed by atoms with E-state index in [0.717, 1.165) is 16.7 Å². The van der Waals surface area contributed by atoms with Crippen molar-refractivity contribution in [3.05, 3.63) is 57.8 Å². The van der Waals surface area contributed by atoms with Gasteiger partial charge in [-0.2, -0.15) is 11.3 Å². The first-order chi connectivity index (χ1) is 10.5. The van der Waals surface area contributed by atoms with Crippen LogP contribution in [0.25, 0.3) is 0 Å². The van der Waals surface area contributed by atoms with Gasteiger partial charge in [-0.1, -0.05) is 29.8 Å². The first-order valence-electron chi connectivity index (χ1n) is 7.10. The third-order valence-corrected chi connectivity index (χ3v) is 4.07. The number of amides is 1. The van der Waals surface area contributed by atoms with Gasteiger partial charge in [-0.05, 0) is 41.3 Å². The summed E-state index contributed by atoms with van der Waals surface area (Å²) in [6, 6.07) is 9.41. The number of carboxylic acids is 1. The molecule has 0 saturated heterocycles. The number of nitrogens with one attached hydrogen (secondary N) is 1. The van der Waals surface area contributed by atoms with Crippen molar-refractivity contribution in [2.75, 3.05) is 0 Å². The molecule has 4 nitrogen and oxygen atoms in total. The smallest absolute Gasteiger partial charge is 0.305 e. The minimum atomic E-state index is -0.909. The van der Waals surface area contributed by atoms with Crippen LogP contribution < -0.4 is 5.32 Å². The van der Waals surface area contributed by atoms with Crippen molar-refractivity contribution in [2.24, 2.45) is 0 Å². The fraction of sp³-hybridized carbons (Fsp3) is 0.294. The van der Waals surface area contributed by atoms with E-state index >= 15 is 0 Å². The monoisotopic (exact) mass is 317 g/mol. The number of rotatable bonds is 7. The minimum Gasteiger partial charge on any atom is -0.481 e. The van der Waals surface area contributed by atoms with Gasteiger partial charge in [0.2, 0.25) is 5.91 Å². The fourth-order valence-corrected chi connectivity index (χ4v) is 2.92. The molecular formula is C17H19NO3S.